The summed E-state index contributed by atoms with van der Waals surface area (Å²) >= 11 is 0. The Balaban J connectivity index is 2.02. The Kier molecular flexibility index (Phi) is 5.41. The molecule has 19 heavy (non-hydrogen) atoms. The van der Waals surface area contributed by atoms with Gasteiger partial charge in [0.05, 0.1) is 0 Å². The van der Waals surface area contributed by atoms with Crippen LogP contribution in [-0.4, -0.2) is 37.1 Å². The molecule has 0 radical (unpaired) electrons. The van der Waals surface area contributed by atoms with Gasteiger partial charge in [-0.2, -0.15) is 0 Å². The summed E-state index contributed by atoms with van der Waals surface area (Å²) < 4.78 is 0. The molecule has 0 amide bonds. The number of aryl methyl sites for hydroxylation is 1. The first-order valence-corrected chi connectivity index (χ1v) is 7.73. The van der Waals surface area contributed by atoms with Crippen LogP contribution in [0.4, 0.5) is 0 Å². The molecule has 0 bridgehead atoms. The van der Waals surface area contributed by atoms with Crippen LogP contribution in [0.3, 0.4) is 0 Å². The molecule has 1 fully saturated rings. The quantitative estimate of drug-likeness (QED) is 0.876. The smallest absolute Gasteiger partial charge is 0.0160 e. The third kappa shape index (κ3) is 4.05. The van der Waals surface area contributed by atoms with Crippen molar-refractivity contribution >= 4 is 0 Å². The second-order valence-electron chi connectivity index (χ2n) is 5.97. The van der Waals surface area contributed by atoms with Crippen LogP contribution in [0.1, 0.15) is 31.9 Å². The molecule has 1 heterocycles. The SMILES string of the molecule is CCc1ccc(CC(C(C)C)N2CCNCC2)cc1. The number of hydrogen-bond donors (Lipinski definition) is 1. The van der Waals surface area contributed by atoms with Crippen molar-refractivity contribution in [2.75, 3.05) is 26.2 Å². The van der Waals surface area contributed by atoms with Crippen LogP contribution in [0.25, 0.3) is 0 Å². The van der Waals surface area contributed by atoms with Crippen LogP contribution in [-0.2, 0) is 12.8 Å². The molecule has 1 aliphatic heterocycles. The van der Waals surface area contributed by atoms with Gasteiger partial charge in [0, 0.05) is 32.2 Å². The molecule has 1 unspecified atom stereocenters. The van der Waals surface area contributed by atoms with E-state index in [0.717, 1.165) is 19.5 Å². The number of nitrogens with zero attached hydrogens (tertiary/aromatic N) is 1. The average molecular weight is 260 g/mol. The topological polar surface area (TPSA) is 15.3 Å². The van der Waals surface area contributed by atoms with Crippen molar-refractivity contribution in [1.29, 1.82) is 0 Å². The zero-order valence-corrected chi connectivity index (χ0v) is 12.7. The van der Waals surface area contributed by atoms with E-state index in [1.54, 1.807) is 0 Å². The predicted octanol–water partition coefficient (Wildman–Crippen LogP) is 2.72. The molecule has 1 N–H and O–H groups in total. The van der Waals surface area contributed by atoms with Gasteiger partial charge in [-0.05, 0) is 29.9 Å². The molecule has 106 valence electrons. The summed E-state index contributed by atoms with van der Waals surface area (Å²) in [5.41, 5.74) is 2.92. The summed E-state index contributed by atoms with van der Waals surface area (Å²) in [6.07, 6.45) is 2.31. The van der Waals surface area contributed by atoms with E-state index in [1.165, 1.54) is 30.6 Å². The van der Waals surface area contributed by atoms with Crippen LogP contribution in [0.15, 0.2) is 24.3 Å². The summed E-state index contributed by atoms with van der Waals surface area (Å²) in [6.45, 7) is 11.6. The van der Waals surface area contributed by atoms with E-state index in [0.29, 0.717) is 12.0 Å². The highest BCUT2D eigenvalue weighted by Gasteiger charge is 2.23. The van der Waals surface area contributed by atoms with Gasteiger partial charge in [0.1, 0.15) is 0 Å². The van der Waals surface area contributed by atoms with E-state index in [-0.39, 0.29) is 0 Å². The first-order chi connectivity index (χ1) is 9.20. The van der Waals surface area contributed by atoms with E-state index >= 15 is 0 Å². The standard InChI is InChI=1S/C17H28N2/c1-4-15-5-7-16(8-6-15)13-17(14(2)3)19-11-9-18-10-12-19/h5-8,14,17-18H,4,9-13H2,1-3H3. The summed E-state index contributed by atoms with van der Waals surface area (Å²) in [5, 5.41) is 3.45. The Morgan fingerprint density at radius 2 is 1.63 bits per heavy atom. The number of rotatable bonds is 5. The fourth-order valence-corrected chi connectivity index (χ4v) is 2.95. The van der Waals surface area contributed by atoms with Crippen molar-refractivity contribution in [2.24, 2.45) is 5.92 Å². The van der Waals surface area contributed by atoms with Crippen molar-refractivity contribution in [3.8, 4) is 0 Å². The lowest BCUT2D eigenvalue weighted by atomic mass is 9.93. The van der Waals surface area contributed by atoms with Crippen LogP contribution < -0.4 is 5.32 Å². The second kappa shape index (κ2) is 7.06. The van der Waals surface area contributed by atoms with Crippen molar-refractivity contribution < 1.29 is 0 Å². The summed E-state index contributed by atoms with van der Waals surface area (Å²) in [6, 6.07) is 9.87. The van der Waals surface area contributed by atoms with Gasteiger partial charge in [0.25, 0.3) is 0 Å². The first-order valence-electron chi connectivity index (χ1n) is 7.73. The molecule has 2 heteroatoms. The lowest BCUT2D eigenvalue weighted by Crippen LogP contribution is -2.50. The van der Waals surface area contributed by atoms with Gasteiger partial charge in [0.15, 0.2) is 0 Å². The van der Waals surface area contributed by atoms with Crippen molar-refractivity contribution in [3.63, 3.8) is 0 Å². The minimum atomic E-state index is 0.676. The largest absolute Gasteiger partial charge is 0.314 e. The molecule has 1 aromatic rings. The van der Waals surface area contributed by atoms with Gasteiger partial charge in [-0.25, -0.2) is 0 Å². The van der Waals surface area contributed by atoms with Gasteiger partial charge in [0.2, 0.25) is 0 Å². The van der Waals surface area contributed by atoms with Crippen LogP contribution in [0, 0.1) is 5.92 Å². The maximum absolute atomic E-state index is 3.45. The molecule has 0 saturated carbocycles. The highest BCUT2D eigenvalue weighted by molar-refractivity contribution is 5.23. The Morgan fingerprint density at radius 3 is 2.16 bits per heavy atom. The molecule has 0 spiro atoms. The Labute approximate surface area is 118 Å². The van der Waals surface area contributed by atoms with Crippen molar-refractivity contribution in [2.45, 2.75) is 39.7 Å². The minimum absolute atomic E-state index is 0.676. The molecule has 0 aliphatic carbocycles. The van der Waals surface area contributed by atoms with Gasteiger partial charge < -0.3 is 5.32 Å². The van der Waals surface area contributed by atoms with Gasteiger partial charge in [-0.1, -0.05) is 45.0 Å². The predicted molar refractivity (Wildman–Crippen MR) is 82.6 cm³/mol. The third-order valence-electron chi connectivity index (χ3n) is 4.27. The van der Waals surface area contributed by atoms with Gasteiger partial charge >= 0.3 is 0 Å². The number of hydrogen-bond acceptors (Lipinski definition) is 2. The Hall–Kier alpha value is -0.860. The summed E-state index contributed by atoms with van der Waals surface area (Å²) in [4.78, 5) is 2.66. The highest BCUT2D eigenvalue weighted by Crippen LogP contribution is 2.18. The maximum Gasteiger partial charge on any atom is 0.0160 e. The fourth-order valence-electron chi connectivity index (χ4n) is 2.95. The average Bonchev–Trinajstić information content (AvgIpc) is 2.46. The normalized spacial score (nSPS) is 18.7. The monoisotopic (exact) mass is 260 g/mol. The van der Waals surface area contributed by atoms with E-state index < -0.39 is 0 Å². The first kappa shape index (κ1) is 14.5. The van der Waals surface area contributed by atoms with Crippen molar-refractivity contribution in [1.82, 2.24) is 10.2 Å². The molecule has 1 atom stereocenters. The van der Waals surface area contributed by atoms with Gasteiger partial charge in [-0.3, -0.25) is 4.90 Å². The third-order valence-corrected chi connectivity index (χ3v) is 4.27. The zero-order chi connectivity index (χ0) is 13.7. The zero-order valence-electron chi connectivity index (χ0n) is 12.7. The number of piperazine rings is 1. The second-order valence-corrected chi connectivity index (χ2v) is 5.97. The van der Waals surface area contributed by atoms with E-state index in [1.807, 2.05) is 0 Å². The van der Waals surface area contributed by atoms with E-state index in [4.69, 9.17) is 0 Å². The van der Waals surface area contributed by atoms with Crippen LogP contribution in [0.2, 0.25) is 0 Å². The minimum Gasteiger partial charge on any atom is -0.314 e. The van der Waals surface area contributed by atoms with E-state index in [2.05, 4.69) is 55.3 Å². The molecule has 2 rings (SSSR count). The van der Waals surface area contributed by atoms with Crippen molar-refractivity contribution in [3.05, 3.63) is 35.4 Å². The molecular formula is C17H28N2. The molecule has 1 aromatic carbocycles. The van der Waals surface area contributed by atoms with Crippen LogP contribution in [0.5, 0.6) is 0 Å². The Bertz CT molecular complexity index is 363. The molecule has 1 aliphatic rings. The van der Waals surface area contributed by atoms with Gasteiger partial charge in [-0.15, -0.1) is 0 Å². The lowest BCUT2D eigenvalue weighted by Gasteiger charge is -2.37. The molecule has 2 nitrogen and oxygen atoms in total. The summed E-state index contributed by atoms with van der Waals surface area (Å²) in [7, 11) is 0. The molecule has 0 aromatic heterocycles. The Morgan fingerprint density at radius 1 is 1.05 bits per heavy atom. The number of benzene rings is 1. The number of nitrogens with one attached hydrogen (secondary N) is 1. The fraction of sp³-hybridized carbons (Fsp3) is 0.647. The maximum atomic E-state index is 3.45. The molecule has 1 saturated heterocycles. The van der Waals surface area contributed by atoms with Crippen LogP contribution >= 0.6 is 0 Å². The lowest BCUT2D eigenvalue weighted by molar-refractivity contribution is 0.136. The highest BCUT2D eigenvalue weighted by atomic mass is 15.2. The molecular weight excluding hydrogens is 232 g/mol. The van der Waals surface area contributed by atoms with E-state index in [9.17, 15) is 0 Å². The summed E-state index contributed by atoms with van der Waals surface area (Å²) in [5.74, 6) is 0.712.